The van der Waals surface area contributed by atoms with Crippen LogP contribution in [0.4, 0.5) is 5.69 Å². The van der Waals surface area contributed by atoms with Gasteiger partial charge in [-0.05, 0) is 46.6 Å². The quantitative estimate of drug-likeness (QED) is 0.796. The maximum absolute atomic E-state index is 9.56. The zero-order valence-electron chi connectivity index (χ0n) is 14.1. The summed E-state index contributed by atoms with van der Waals surface area (Å²) < 4.78 is 6.47. The van der Waals surface area contributed by atoms with Crippen LogP contribution in [0.25, 0.3) is 0 Å². The van der Waals surface area contributed by atoms with Gasteiger partial charge in [0, 0.05) is 18.8 Å². The molecule has 0 unspecified atom stereocenters. The van der Waals surface area contributed by atoms with E-state index in [9.17, 15) is 5.26 Å². The first-order chi connectivity index (χ1) is 10.3. The maximum atomic E-state index is 9.56. The number of rotatable bonds is 1. The third-order valence-electron chi connectivity index (χ3n) is 4.82. The van der Waals surface area contributed by atoms with Crippen molar-refractivity contribution in [1.82, 2.24) is 4.98 Å². The fourth-order valence-corrected chi connectivity index (χ4v) is 4.16. The second-order valence-corrected chi connectivity index (χ2v) is 7.46. The van der Waals surface area contributed by atoms with E-state index in [4.69, 9.17) is 4.74 Å². The van der Waals surface area contributed by atoms with Crippen LogP contribution >= 0.6 is 0 Å². The molecule has 1 aliphatic carbocycles. The molecule has 0 atom stereocenters. The lowest BCUT2D eigenvalue weighted by Gasteiger charge is -2.50. The Morgan fingerprint density at radius 2 is 1.91 bits per heavy atom. The molecule has 3 rings (SSSR count). The Kier molecular flexibility index (Phi) is 3.65. The first-order valence-corrected chi connectivity index (χ1v) is 8.18. The van der Waals surface area contributed by atoms with Gasteiger partial charge in [0.15, 0.2) is 0 Å². The summed E-state index contributed by atoms with van der Waals surface area (Å²) in [5.74, 6) is 0. The number of morpholine rings is 1. The Morgan fingerprint density at radius 3 is 2.55 bits per heavy atom. The Hall–Kier alpha value is -1.60. The first kappa shape index (κ1) is 15.3. The highest BCUT2D eigenvalue weighted by atomic mass is 16.5. The van der Waals surface area contributed by atoms with E-state index < -0.39 is 0 Å². The van der Waals surface area contributed by atoms with Crippen molar-refractivity contribution in [1.29, 1.82) is 5.26 Å². The number of aromatic nitrogens is 1. The van der Waals surface area contributed by atoms with E-state index >= 15 is 0 Å². The Labute approximate surface area is 133 Å². The third-order valence-corrected chi connectivity index (χ3v) is 4.82. The molecule has 1 saturated heterocycles. The zero-order chi connectivity index (χ0) is 16.0. The Balaban J connectivity index is 2.02. The van der Waals surface area contributed by atoms with E-state index in [2.05, 4.69) is 35.9 Å². The lowest BCUT2D eigenvalue weighted by Crippen LogP contribution is -2.59. The number of hydrogen-bond donors (Lipinski definition) is 0. The van der Waals surface area contributed by atoms with Crippen LogP contribution in [0.5, 0.6) is 0 Å². The van der Waals surface area contributed by atoms with Crippen molar-refractivity contribution >= 4 is 5.69 Å². The minimum atomic E-state index is -0.194. The van der Waals surface area contributed by atoms with Gasteiger partial charge in [-0.2, -0.15) is 5.26 Å². The minimum absolute atomic E-state index is 0.0421. The minimum Gasteiger partial charge on any atom is -0.365 e. The Bertz CT molecular complexity index is 624. The molecule has 0 radical (unpaired) electrons. The van der Waals surface area contributed by atoms with E-state index in [0.717, 1.165) is 43.0 Å². The van der Waals surface area contributed by atoms with Gasteiger partial charge in [0.25, 0.3) is 0 Å². The molecule has 2 heterocycles. The number of aryl methyl sites for hydroxylation is 2. The summed E-state index contributed by atoms with van der Waals surface area (Å²) in [4.78, 5) is 6.80. The maximum Gasteiger partial charge on any atom is 0.103 e. The molecule has 1 spiro atoms. The summed E-state index contributed by atoms with van der Waals surface area (Å²) in [6, 6.07) is 4.40. The number of nitrogens with zero attached hydrogens (tertiary/aromatic N) is 3. The molecule has 4 heteroatoms. The summed E-state index contributed by atoms with van der Waals surface area (Å²) in [5.41, 5.74) is 3.28. The number of pyridine rings is 1. The zero-order valence-corrected chi connectivity index (χ0v) is 14.1. The molecular formula is C18H25N3O. The van der Waals surface area contributed by atoms with Crippen molar-refractivity contribution < 1.29 is 4.74 Å². The summed E-state index contributed by atoms with van der Waals surface area (Å²) in [7, 11) is 0. The lowest BCUT2D eigenvalue weighted by atomic mass is 9.93. The number of hydrogen-bond acceptors (Lipinski definition) is 4. The van der Waals surface area contributed by atoms with Crippen LogP contribution < -0.4 is 4.90 Å². The molecule has 4 nitrogen and oxygen atoms in total. The number of ether oxygens (including phenoxy) is 1. The van der Waals surface area contributed by atoms with Gasteiger partial charge in [0.2, 0.25) is 0 Å². The molecule has 1 saturated carbocycles. The number of nitriles is 1. The molecular weight excluding hydrogens is 274 g/mol. The molecule has 0 N–H and O–H groups in total. The van der Waals surface area contributed by atoms with E-state index in [-0.39, 0.29) is 11.2 Å². The normalized spacial score (nSPS) is 22.8. The van der Waals surface area contributed by atoms with E-state index in [0.29, 0.717) is 5.56 Å². The van der Waals surface area contributed by atoms with Crippen molar-refractivity contribution in [3.8, 4) is 6.07 Å². The van der Waals surface area contributed by atoms with Crippen LogP contribution in [0.2, 0.25) is 0 Å². The molecule has 0 bridgehead atoms. The van der Waals surface area contributed by atoms with Crippen molar-refractivity contribution in [2.24, 2.45) is 0 Å². The highest BCUT2D eigenvalue weighted by Gasteiger charge is 2.46. The van der Waals surface area contributed by atoms with Crippen LogP contribution in [0.15, 0.2) is 6.07 Å². The van der Waals surface area contributed by atoms with Crippen molar-refractivity contribution in [3.63, 3.8) is 0 Å². The molecule has 1 aromatic rings. The fourth-order valence-electron chi connectivity index (χ4n) is 4.16. The standard InChI is InChI=1S/C18H25N3O/c1-13-9-16(15(10-19)14(2)20-13)21-11-17(3,4)22-18(12-21)7-5-6-8-18/h9H,5-8,11-12H2,1-4H3. The molecule has 0 aromatic carbocycles. The van der Waals surface area contributed by atoms with Gasteiger partial charge < -0.3 is 9.64 Å². The van der Waals surface area contributed by atoms with Crippen molar-refractivity contribution in [2.45, 2.75) is 64.6 Å². The van der Waals surface area contributed by atoms with Crippen LogP contribution in [0.1, 0.15) is 56.5 Å². The Morgan fingerprint density at radius 1 is 1.23 bits per heavy atom. The van der Waals surface area contributed by atoms with Gasteiger partial charge in [0.05, 0.1) is 28.1 Å². The monoisotopic (exact) mass is 299 g/mol. The summed E-state index contributed by atoms with van der Waals surface area (Å²) in [5, 5.41) is 9.56. The van der Waals surface area contributed by atoms with Gasteiger partial charge in [-0.15, -0.1) is 0 Å². The topological polar surface area (TPSA) is 49.1 Å². The van der Waals surface area contributed by atoms with E-state index in [1.54, 1.807) is 0 Å². The predicted octanol–water partition coefficient (Wildman–Crippen LogP) is 3.50. The summed E-state index contributed by atoms with van der Waals surface area (Å²) >= 11 is 0. The first-order valence-electron chi connectivity index (χ1n) is 8.18. The van der Waals surface area contributed by atoms with Crippen molar-refractivity contribution in [3.05, 3.63) is 23.0 Å². The van der Waals surface area contributed by atoms with E-state index in [1.165, 1.54) is 12.8 Å². The molecule has 1 aromatic heterocycles. The SMILES string of the molecule is Cc1cc(N2CC(C)(C)OC3(CCCC3)C2)c(C#N)c(C)n1. The smallest absolute Gasteiger partial charge is 0.103 e. The third kappa shape index (κ3) is 2.70. The molecule has 118 valence electrons. The summed E-state index contributed by atoms with van der Waals surface area (Å²) in [6.07, 6.45) is 4.72. The van der Waals surface area contributed by atoms with Gasteiger partial charge in [0.1, 0.15) is 6.07 Å². The van der Waals surface area contributed by atoms with Gasteiger partial charge in [-0.3, -0.25) is 4.98 Å². The molecule has 0 amide bonds. The molecule has 22 heavy (non-hydrogen) atoms. The van der Waals surface area contributed by atoms with Crippen LogP contribution in [0.3, 0.4) is 0 Å². The van der Waals surface area contributed by atoms with Crippen LogP contribution in [-0.4, -0.2) is 29.3 Å². The fraction of sp³-hybridized carbons (Fsp3) is 0.667. The van der Waals surface area contributed by atoms with Gasteiger partial charge in [-0.25, -0.2) is 0 Å². The predicted molar refractivity (Wildman–Crippen MR) is 87.0 cm³/mol. The van der Waals surface area contributed by atoms with Crippen molar-refractivity contribution in [2.75, 3.05) is 18.0 Å². The second kappa shape index (κ2) is 5.24. The molecule has 2 aliphatic rings. The number of anilines is 1. The highest BCUT2D eigenvalue weighted by molar-refractivity contribution is 5.62. The average Bonchev–Trinajstić information content (AvgIpc) is 2.83. The van der Waals surface area contributed by atoms with Gasteiger partial charge >= 0.3 is 0 Å². The summed E-state index contributed by atoms with van der Waals surface area (Å²) in [6.45, 7) is 9.93. The lowest BCUT2D eigenvalue weighted by molar-refractivity contribution is -0.148. The molecule has 2 fully saturated rings. The van der Waals surface area contributed by atoms with Gasteiger partial charge in [-0.1, -0.05) is 12.8 Å². The van der Waals surface area contributed by atoms with E-state index in [1.807, 2.05) is 13.8 Å². The highest BCUT2D eigenvalue weighted by Crippen LogP contribution is 2.42. The second-order valence-electron chi connectivity index (χ2n) is 7.46. The average molecular weight is 299 g/mol. The molecule has 1 aliphatic heterocycles. The van der Waals surface area contributed by atoms with Crippen LogP contribution in [0, 0.1) is 25.2 Å². The largest absolute Gasteiger partial charge is 0.365 e. The van der Waals surface area contributed by atoms with Crippen LogP contribution in [-0.2, 0) is 4.74 Å².